The summed E-state index contributed by atoms with van der Waals surface area (Å²) in [4.78, 5) is 15.7. The molecule has 9 heteroatoms. The van der Waals surface area contributed by atoms with E-state index in [0.29, 0.717) is 34.6 Å². The molecule has 38 heavy (non-hydrogen) atoms. The van der Waals surface area contributed by atoms with Gasteiger partial charge in [0, 0.05) is 18.2 Å². The molecule has 3 aromatic carbocycles. The van der Waals surface area contributed by atoms with Gasteiger partial charge in [-0.15, -0.1) is 11.3 Å². The van der Waals surface area contributed by atoms with Crippen molar-refractivity contribution in [3.63, 3.8) is 0 Å². The van der Waals surface area contributed by atoms with Crippen molar-refractivity contribution in [1.82, 2.24) is 19.9 Å². The molecule has 6 rings (SSSR count). The van der Waals surface area contributed by atoms with Gasteiger partial charge in [-0.05, 0) is 68.8 Å². The zero-order valence-electron chi connectivity index (χ0n) is 21.0. The molecule has 0 spiro atoms. The van der Waals surface area contributed by atoms with E-state index >= 15 is 4.39 Å². The first kappa shape index (κ1) is 24.5. The molecular formula is C29H27FN4O3S. The fourth-order valence-corrected chi connectivity index (χ4v) is 5.65. The maximum Gasteiger partial charge on any atom is 0.230 e. The van der Waals surface area contributed by atoms with Crippen molar-refractivity contribution in [1.29, 1.82) is 0 Å². The Hall–Kier alpha value is -3.82. The molecule has 7 nitrogen and oxygen atoms in total. The van der Waals surface area contributed by atoms with Gasteiger partial charge < -0.3 is 19.1 Å². The number of benzene rings is 3. The summed E-state index contributed by atoms with van der Waals surface area (Å²) >= 11 is 1.52. The second-order valence-corrected chi connectivity index (χ2v) is 10.2. The molecule has 1 saturated heterocycles. The Morgan fingerprint density at radius 3 is 2.63 bits per heavy atom. The fourth-order valence-electron chi connectivity index (χ4n) is 4.69. The Balaban J connectivity index is 1.21. The Labute approximate surface area is 223 Å². The van der Waals surface area contributed by atoms with Gasteiger partial charge in [-0.1, -0.05) is 12.1 Å². The largest absolute Gasteiger partial charge is 0.493 e. The molecule has 0 radical (unpaired) electrons. The van der Waals surface area contributed by atoms with Crippen LogP contribution >= 0.6 is 11.3 Å². The van der Waals surface area contributed by atoms with Gasteiger partial charge in [0.1, 0.15) is 11.3 Å². The third kappa shape index (κ3) is 5.12. The van der Waals surface area contributed by atoms with E-state index in [-0.39, 0.29) is 11.6 Å². The van der Waals surface area contributed by atoms with Crippen molar-refractivity contribution >= 4 is 32.5 Å². The highest BCUT2D eigenvalue weighted by atomic mass is 32.1. The molecule has 194 valence electrons. The third-order valence-corrected chi connectivity index (χ3v) is 7.72. The Morgan fingerprint density at radius 2 is 1.82 bits per heavy atom. The van der Waals surface area contributed by atoms with Crippen LogP contribution in [0.15, 0.2) is 60.9 Å². The fraction of sp³-hybridized carbons (Fsp3) is 0.276. The lowest BCUT2D eigenvalue weighted by atomic mass is 10.2. The number of likely N-dealkylation sites (tertiary alicyclic amines) is 1. The van der Waals surface area contributed by atoms with E-state index in [0.717, 1.165) is 28.2 Å². The maximum atomic E-state index is 15.1. The third-order valence-electron chi connectivity index (χ3n) is 6.64. The summed E-state index contributed by atoms with van der Waals surface area (Å²) in [6.07, 6.45) is 4.89. The van der Waals surface area contributed by atoms with E-state index in [4.69, 9.17) is 14.2 Å². The van der Waals surface area contributed by atoms with E-state index in [2.05, 4.69) is 19.9 Å². The van der Waals surface area contributed by atoms with Crippen molar-refractivity contribution in [2.75, 3.05) is 33.4 Å². The molecular weight excluding hydrogens is 503 g/mol. The standard InChI is InChI=1S/C29H27FN4O3S/c1-35-25-16-20-23(17-26(25)36-14-6-13-34-11-4-5-12-34)31-18-32-28(20)37-24-10-9-19(15-21(24)30)29-33-22-7-2-3-8-27(22)38-29/h2-3,7-10,15-18H,4-6,11-14H2,1H3. The predicted octanol–water partition coefficient (Wildman–Crippen LogP) is 6.71. The van der Waals surface area contributed by atoms with Crippen LogP contribution in [0.25, 0.3) is 31.7 Å². The molecule has 0 aliphatic carbocycles. The van der Waals surface area contributed by atoms with Crippen LogP contribution < -0.4 is 14.2 Å². The molecule has 2 aromatic heterocycles. The van der Waals surface area contributed by atoms with Gasteiger partial charge in [-0.25, -0.2) is 19.3 Å². The molecule has 1 aliphatic heterocycles. The van der Waals surface area contributed by atoms with E-state index in [1.807, 2.05) is 30.3 Å². The van der Waals surface area contributed by atoms with E-state index in [1.54, 1.807) is 25.3 Å². The minimum atomic E-state index is -0.501. The summed E-state index contributed by atoms with van der Waals surface area (Å²) in [5.41, 5.74) is 2.21. The number of fused-ring (bicyclic) bond motifs is 2. The second kappa shape index (κ2) is 10.9. The number of halogens is 1. The normalized spacial score (nSPS) is 13.8. The van der Waals surface area contributed by atoms with Gasteiger partial charge in [0.15, 0.2) is 23.1 Å². The topological polar surface area (TPSA) is 69.6 Å². The van der Waals surface area contributed by atoms with Crippen molar-refractivity contribution in [2.45, 2.75) is 19.3 Å². The van der Waals surface area contributed by atoms with Crippen LogP contribution in [0.2, 0.25) is 0 Å². The van der Waals surface area contributed by atoms with E-state index < -0.39 is 5.82 Å². The number of ether oxygens (including phenoxy) is 3. The van der Waals surface area contributed by atoms with Crippen LogP contribution in [-0.2, 0) is 0 Å². The summed E-state index contributed by atoms with van der Waals surface area (Å²) in [7, 11) is 1.59. The zero-order valence-corrected chi connectivity index (χ0v) is 21.8. The highest BCUT2D eigenvalue weighted by Crippen LogP contribution is 2.38. The Kier molecular flexibility index (Phi) is 7.02. The van der Waals surface area contributed by atoms with Gasteiger partial charge in [0.2, 0.25) is 5.88 Å². The van der Waals surface area contributed by atoms with Crippen molar-refractivity contribution < 1.29 is 18.6 Å². The van der Waals surface area contributed by atoms with Crippen LogP contribution in [0.4, 0.5) is 4.39 Å². The van der Waals surface area contributed by atoms with E-state index in [1.165, 1.54) is 49.7 Å². The minimum absolute atomic E-state index is 0.0658. The van der Waals surface area contributed by atoms with Gasteiger partial charge in [-0.2, -0.15) is 0 Å². The van der Waals surface area contributed by atoms with Gasteiger partial charge >= 0.3 is 0 Å². The van der Waals surface area contributed by atoms with Gasteiger partial charge in [0.25, 0.3) is 0 Å². The molecule has 0 amide bonds. The Morgan fingerprint density at radius 1 is 0.947 bits per heavy atom. The second-order valence-electron chi connectivity index (χ2n) is 9.18. The van der Waals surface area contributed by atoms with Crippen LogP contribution in [0.5, 0.6) is 23.1 Å². The maximum absolute atomic E-state index is 15.1. The lowest BCUT2D eigenvalue weighted by Gasteiger charge is -2.16. The van der Waals surface area contributed by atoms with Crippen LogP contribution in [0.3, 0.4) is 0 Å². The monoisotopic (exact) mass is 530 g/mol. The lowest BCUT2D eigenvalue weighted by Crippen LogP contribution is -2.21. The summed E-state index contributed by atoms with van der Waals surface area (Å²) in [6, 6.07) is 16.3. The lowest BCUT2D eigenvalue weighted by molar-refractivity contribution is 0.254. The van der Waals surface area contributed by atoms with Crippen molar-refractivity contribution in [2.24, 2.45) is 0 Å². The summed E-state index contributed by atoms with van der Waals surface area (Å²) in [5.74, 6) is 0.956. The van der Waals surface area contributed by atoms with Gasteiger partial charge in [-0.3, -0.25) is 0 Å². The number of hydrogen-bond donors (Lipinski definition) is 0. The predicted molar refractivity (Wildman–Crippen MR) is 147 cm³/mol. The number of methoxy groups -OCH3 is 1. The zero-order chi connectivity index (χ0) is 25.9. The molecule has 0 N–H and O–H groups in total. The number of rotatable bonds is 9. The Bertz CT molecular complexity index is 1550. The summed E-state index contributed by atoms with van der Waals surface area (Å²) in [6.45, 7) is 3.95. The van der Waals surface area contributed by atoms with Crippen LogP contribution in [0, 0.1) is 5.82 Å². The molecule has 0 unspecified atom stereocenters. The average molecular weight is 531 g/mol. The van der Waals surface area contributed by atoms with Crippen LogP contribution in [0.1, 0.15) is 19.3 Å². The quantitative estimate of drug-likeness (QED) is 0.196. The minimum Gasteiger partial charge on any atom is -0.493 e. The molecule has 0 saturated carbocycles. The number of hydrogen-bond acceptors (Lipinski definition) is 8. The smallest absolute Gasteiger partial charge is 0.230 e. The average Bonchev–Trinajstić information content (AvgIpc) is 3.62. The first-order valence-electron chi connectivity index (χ1n) is 12.7. The van der Waals surface area contributed by atoms with Crippen molar-refractivity contribution in [3.05, 3.63) is 66.7 Å². The molecule has 3 heterocycles. The number of thiazole rings is 1. The molecule has 1 fully saturated rings. The number of aromatic nitrogens is 3. The molecule has 0 bridgehead atoms. The highest BCUT2D eigenvalue weighted by Gasteiger charge is 2.16. The van der Waals surface area contributed by atoms with E-state index in [9.17, 15) is 0 Å². The first-order valence-corrected chi connectivity index (χ1v) is 13.5. The molecule has 5 aromatic rings. The SMILES string of the molecule is COc1cc2c(Oc3ccc(-c4nc5ccccc5s4)cc3F)ncnc2cc1OCCCN1CCCC1. The molecule has 0 atom stereocenters. The molecule has 1 aliphatic rings. The first-order chi connectivity index (χ1) is 18.7. The summed E-state index contributed by atoms with van der Waals surface area (Å²) in [5, 5.41) is 1.35. The van der Waals surface area contributed by atoms with Crippen LogP contribution in [-0.4, -0.2) is 53.2 Å². The van der Waals surface area contributed by atoms with Gasteiger partial charge in [0.05, 0.1) is 34.8 Å². The number of para-hydroxylation sites is 1. The number of nitrogens with zero attached hydrogens (tertiary/aromatic N) is 4. The summed E-state index contributed by atoms with van der Waals surface area (Å²) < 4.78 is 33.7. The highest BCUT2D eigenvalue weighted by molar-refractivity contribution is 7.21. The van der Waals surface area contributed by atoms with Crippen molar-refractivity contribution in [3.8, 4) is 33.7 Å².